The van der Waals surface area contributed by atoms with Crippen molar-refractivity contribution in [1.29, 1.82) is 0 Å². The maximum absolute atomic E-state index is 13.0. The summed E-state index contributed by atoms with van der Waals surface area (Å²) in [4.78, 5) is 32.9. The van der Waals surface area contributed by atoms with Gasteiger partial charge in [-0.1, -0.05) is 35.5 Å². The van der Waals surface area contributed by atoms with E-state index < -0.39 is 5.69 Å². The summed E-state index contributed by atoms with van der Waals surface area (Å²) < 4.78 is 17.2. The van der Waals surface area contributed by atoms with E-state index in [1.807, 2.05) is 30.3 Å². The maximum atomic E-state index is 13.0. The van der Waals surface area contributed by atoms with E-state index in [1.165, 1.54) is 4.57 Å². The first-order valence-corrected chi connectivity index (χ1v) is 10.4. The second-order valence-corrected chi connectivity index (χ2v) is 7.59. The highest BCUT2D eigenvalue weighted by atomic mass is 16.5. The summed E-state index contributed by atoms with van der Waals surface area (Å²) in [6, 6.07) is 19.6. The van der Waals surface area contributed by atoms with Crippen LogP contribution in [-0.2, 0) is 6.54 Å². The third-order valence-electron chi connectivity index (χ3n) is 5.45. The van der Waals surface area contributed by atoms with Crippen LogP contribution in [0.15, 0.2) is 80.8 Å². The number of H-pyrrole nitrogens is 1. The number of hydrogen-bond donors (Lipinski definition) is 1. The molecule has 3 aromatic carbocycles. The summed E-state index contributed by atoms with van der Waals surface area (Å²) in [6.45, 7) is 0.184. The maximum Gasteiger partial charge on any atom is 0.329 e. The third-order valence-corrected chi connectivity index (χ3v) is 5.45. The third kappa shape index (κ3) is 3.95. The number of hydrogen-bond acceptors (Lipinski definition) is 7. The van der Waals surface area contributed by atoms with E-state index in [4.69, 9.17) is 14.0 Å². The molecule has 0 saturated carbocycles. The van der Waals surface area contributed by atoms with Crippen molar-refractivity contribution in [3.8, 4) is 34.3 Å². The number of rotatable bonds is 6. The van der Waals surface area contributed by atoms with Crippen LogP contribution >= 0.6 is 0 Å². The van der Waals surface area contributed by atoms with Crippen LogP contribution < -0.4 is 20.7 Å². The number of benzene rings is 3. The number of aromatic amines is 1. The monoisotopic (exact) mass is 456 g/mol. The Bertz CT molecular complexity index is 1580. The molecule has 5 aromatic rings. The molecular formula is C25H20N4O5. The van der Waals surface area contributed by atoms with Crippen LogP contribution in [0.3, 0.4) is 0 Å². The Morgan fingerprint density at radius 1 is 0.912 bits per heavy atom. The smallest absolute Gasteiger partial charge is 0.329 e. The first kappa shape index (κ1) is 21.2. The molecule has 5 rings (SSSR count). The second-order valence-electron chi connectivity index (χ2n) is 7.59. The highest BCUT2D eigenvalue weighted by Gasteiger charge is 2.15. The number of nitrogens with one attached hydrogen (secondary N) is 1. The Hall–Kier alpha value is -4.66. The first-order chi connectivity index (χ1) is 16.6. The number of nitrogens with zero attached hydrogens (tertiary/aromatic N) is 3. The molecule has 9 nitrogen and oxygen atoms in total. The van der Waals surface area contributed by atoms with E-state index in [1.54, 1.807) is 50.6 Å². The van der Waals surface area contributed by atoms with Crippen LogP contribution in [0.25, 0.3) is 33.7 Å². The van der Waals surface area contributed by atoms with Gasteiger partial charge < -0.3 is 19.0 Å². The lowest BCUT2D eigenvalue weighted by Crippen LogP contribution is -2.35. The van der Waals surface area contributed by atoms with Crippen molar-refractivity contribution in [2.45, 2.75) is 6.54 Å². The van der Waals surface area contributed by atoms with Crippen molar-refractivity contribution in [3.63, 3.8) is 0 Å². The van der Waals surface area contributed by atoms with Crippen LogP contribution in [0.4, 0.5) is 0 Å². The lowest BCUT2D eigenvalue weighted by atomic mass is 10.1. The van der Waals surface area contributed by atoms with Gasteiger partial charge in [-0.2, -0.15) is 4.98 Å². The number of methoxy groups -OCH3 is 2. The Morgan fingerprint density at radius 3 is 2.35 bits per heavy atom. The van der Waals surface area contributed by atoms with Crippen LogP contribution in [-0.4, -0.2) is 33.9 Å². The van der Waals surface area contributed by atoms with Crippen LogP contribution in [0.5, 0.6) is 11.5 Å². The normalized spacial score (nSPS) is 11.0. The number of fused-ring (bicyclic) bond motifs is 1. The van der Waals surface area contributed by atoms with Gasteiger partial charge in [0, 0.05) is 17.2 Å². The lowest BCUT2D eigenvalue weighted by Gasteiger charge is -2.07. The molecule has 170 valence electrons. The average Bonchev–Trinajstić information content (AvgIpc) is 3.37. The molecule has 0 aliphatic carbocycles. The van der Waals surface area contributed by atoms with Crippen LogP contribution in [0, 0.1) is 0 Å². The average molecular weight is 456 g/mol. The molecule has 0 fully saturated rings. The van der Waals surface area contributed by atoms with Crippen molar-refractivity contribution in [2.75, 3.05) is 14.2 Å². The molecule has 34 heavy (non-hydrogen) atoms. The molecular weight excluding hydrogens is 436 g/mol. The van der Waals surface area contributed by atoms with Crippen molar-refractivity contribution in [1.82, 2.24) is 19.7 Å². The fraction of sp³-hybridized carbons (Fsp3) is 0.120. The van der Waals surface area contributed by atoms with Gasteiger partial charge in [0.05, 0.1) is 31.7 Å². The summed E-state index contributed by atoms with van der Waals surface area (Å²) in [6.07, 6.45) is 0. The quantitative estimate of drug-likeness (QED) is 0.416. The Kier molecular flexibility index (Phi) is 5.43. The molecule has 2 heterocycles. The fourth-order valence-corrected chi connectivity index (χ4v) is 3.69. The van der Waals surface area contributed by atoms with Gasteiger partial charge >= 0.3 is 5.69 Å². The predicted octanol–water partition coefficient (Wildman–Crippen LogP) is 3.47. The molecule has 0 aliphatic rings. The highest BCUT2D eigenvalue weighted by molar-refractivity contribution is 5.82. The van der Waals surface area contributed by atoms with Gasteiger partial charge in [0.2, 0.25) is 5.82 Å². The van der Waals surface area contributed by atoms with E-state index in [-0.39, 0.29) is 18.0 Å². The van der Waals surface area contributed by atoms with Gasteiger partial charge in [-0.05, 0) is 35.9 Å². The van der Waals surface area contributed by atoms with Crippen molar-refractivity contribution in [2.24, 2.45) is 0 Å². The van der Waals surface area contributed by atoms with Gasteiger partial charge in [-0.25, -0.2) is 4.79 Å². The standard InChI is InChI=1S/C25H20N4O5/c1-32-18-10-17(11-19(13-18)33-2)22-27-23(34-28-22)16-8-9-20-21(12-16)26-25(31)29(24(20)30)14-15-6-4-3-5-7-15/h3-13H,14H2,1-2H3,(H,26,31). The Labute approximate surface area is 193 Å². The molecule has 1 N–H and O–H groups in total. The van der Waals surface area contributed by atoms with Gasteiger partial charge in [0.25, 0.3) is 11.4 Å². The summed E-state index contributed by atoms with van der Waals surface area (Å²) >= 11 is 0. The molecule has 0 unspecified atom stereocenters. The Morgan fingerprint density at radius 2 is 1.65 bits per heavy atom. The van der Waals surface area contributed by atoms with E-state index in [2.05, 4.69) is 15.1 Å². The zero-order chi connectivity index (χ0) is 23.7. The first-order valence-electron chi connectivity index (χ1n) is 10.4. The number of ether oxygens (including phenoxy) is 2. The van der Waals surface area contributed by atoms with Gasteiger partial charge in [0.1, 0.15) is 11.5 Å². The van der Waals surface area contributed by atoms with Crippen LogP contribution in [0.2, 0.25) is 0 Å². The minimum Gasteiger partial charge on any atom is -0.497 e. The summed E-state index contributed by atoms with van der Waals surface area (Å²) in [5.74, 6) is 1.78. The minimum atomic E-state index is -0.492. The highest BCUT2D eigenvalue weighted by Crippen LogP contribution is 2.30. The molecule has 0 amide bonds. The molecule has 0 bridgehead atoms. The SMILES string of the molecule is COc1cc(OC)cc(-c2noc(-c3ccc4c(=O)n(Cc5ccccc5)c(=O)[nH]c4c3)n2)c1. The van der Waals surface area contributed by atoms with Crippen molar-refractivity contribution >= 4 is 10.9 Å². The topological polar surface area (TPSA) is 112 Å². The Balaban J connectivity index is 1.51. The van der Waals surface area contributed by atoms with Gasteiger partial charge in [0.15, 0.2) is 0 Å². The van der Waals surface area contributed by atoms with Crippen molar-refractivity contribution < 1.29 is 14.0 Å². The fourth-order valence-electron chi connectivity index (χ4n) is 3.69. The summed E-state index contributed by atoms with van der Waals surface area (Å²) in [7, 11) is 3.12. The molecule has 2 aromatic heterocycles. The minimum absolute atomic E-state index is 0.184. The molecule has 0 spiro atoms. The summed E-state index contributed by atoms with van der Waals surface area (Å²) in [5.41, 5.74) is 1.61. The molecule has 0 saturated heterocycles. The molecule has 0 aliphatic heterocycles. The van der Waals surface area contributed by atoms with Crippen molar-refractivity contribution in [3.05, 3.63) is 93.1 Å². The summed E-state index contributed by atoms with van der Waals surface area (Å²) in [5, 5.41) is 4.44. The van der Waals surface area contributed by atoms with E-state index in [0.717, 1.165) is 5.56 Å². The van der Waals surface area contributed by atoms with Gasteiger partial charge in [-0.15, -0.1) is 0 Å². The molecule has 0 radical (unpaired) electrons. The molecule has 9 heteroatoms. The number of aromatic nitrogens is 4. The van der Waals surface area contributed by atoms with Crippen LogP contribution in [0.1, 0.15) is 5.56 Å². The van der Waals surface area contributed by atoms with E-state index in [9.17, 15) is 9.59 Å². The largest absolute Gasteiger partial charge is 0.497 e. The van der Waals surface area contributed by atoms with E-state index in [0.29, 0.717) is 39.4 Å². The second kappa shape index (κ2) is 8.70. The molecule has 0 atom stereocenters. The van der Waals surface area contributed by atoms with E-state index >= 15 is 0 Å². The zero-order valence-electron chi connectivity index (χ0n) is 18.4. The van der Waals surface area contributed by atoms with Gasteiger partial charge in [-0.3, -0.25) is 9.36 Å². The predicted molar refractivity (Wildman–Crippen MR) is 126 cm³/mol. The lowest BCUT2D eigenvalue weighted by molar-refractivity contribution is 0.394. The zero-order valence-corrected chi connectivity index (χ0v) is 18.4.